The van der Waals surface area contributed by atoms with Gasteiger partial charge in [0.25, 0.3) is 5.91 Å². The van der Waals surface area contributed by atoms with Crippen molar-refractivity contribution >= 4 is 5.91 Å². The summed E-state index contributed by atoms with van der Waals surface area (Å²) in [7, 11) is 0. The molecule has 1 saturated heterocycles. The molecule has 176 valence electrons. The van der Waals surface area contributed by atoms with Crippen LogP contribution in [0.1, 0.15) is 53.1 Å². The second kappa shape index (κ2) is 8.45. The second-order valence-electron chi connectivity index (χ2n) is 9.31. The summed E-state index contributed by atoms with van der Waals surface area (Å²) in [6.45, 7) is 2.59. The van der Waals surface area contributed by atoms with Crippen molar-refractivity contribution in [3.8, 4) is 11.4 Å². The number of benzene rings is 1. The minimum absolute atomic E-state index is 0.0850. The summed E-state index contributed by atoms with van der Waals surface area (Å²) in [5.41, 5.74) is 1.36. The fourth-order valence-electron chi connectivity index (χ4n) is 4.80. The van der Waals surface area contributed by atoms with Crippen molar-refractivity contribution in [3.63, 3.8) is 0 Å². The molecule has 0 N–H and O–H groups in total. The second-order valence-corrected chi connectivity index (χ2v) is 9.31. The Morgan fingerprint density at radius 3 is 2.59 bits per heavy atom. The summed E-state index contributed by atoms with van der Waals surface area (Å²) in [6.07, 6.45) is 3.68. The SMILES string of the molecule is Cc1ccc(-c2ncccn2)c(C(=O)N2CC3(CC3)C[C@H]2CCc2nccc(C(F)(F)F)n2)c1. The molecule has 6 nitrogen and oxygen atoms in total. The van der Waals surface area contributed by atoms with Crippen LogP contribution < -0.4 is 0 Å². The fraction of sp³-hybridized carbons (Fsp3) is 0.400. The number of alkyl halides is 3. The van der Waals surface area contributed by atoms with Crippen LogP contribution in [0.15, 0.2) is 48.9 Å². The van der Waals surface area contributed by atoms with Gasteiger partial charge in [0.05, 0.1) is 5.56 Å². The third kappa shape index (κ3) is 4.51. The van der Waals surface area contributed by atoms with Gasteiger partial charge in [0.1, 0.15) is 11.5 Å². The van der Waals surface area contributed by atoms with Crippen LogP contribution in [0.4, 0.5) is 13.2 Å². The van der Waals surface area contributed by atoms with E-state index in [1.165, 1.54) is 0 Å². The Bertz CT molecular complexity index is 1210. The zero-order chi connectivity index (χ0) is 23.9. The summed E-state index contributed by atoms with van der Waals surface area (Å²) in [6, 6.07) is 8.17. The van der Waals surface area contributed by atoms with Gasteiger partial charge in [-0.2, -0.15) is 13.2 Å². The monoisotopic (exact) mass is 467 g/mol. The number of aryl methyl sites for hydroxylation is 2. The molecule has 2 aliphatic rings. The fourth-order valence-corrected chi connectivity index (χ4v) is 4.80. The average molecular weight is 467 g/mol. The maximum atomic E-state index is 13.8. The largest absolute Gasteiger partial charge is 0.433 e. The normalized spacial score (nSPS) is 18.9. The molecule has 3 aromatic rings. The maximum absolute atomic E-state index is 13.8. The van der Waals surface area contributed by atoms with Gasteiger partial charge in [0.15, 0.2) is 5.82 Å². The van der Waals surface area contributed by atoms with Gasteiger partial charge < -0.3 is 4.90 Å². The number of nitrogens with zero attached hydrogens (tertiary/aromatic N) is 5. The lowest BCUT2D eigenvalue weighted by atomic mass is 9.99. The molecule has 34 heavy (non-hydrogen) atoms. The lowest BCUT2D eigenvalue weighted by Gasteiger charge is -2.26. The minimum atomic E-state index is -4.51. The van der Waals surface area contributed by atoms with Crippen LogP contribution >= 0.6 is 0 Å². The summed E-state index contributed by atoms with van der Waals surface area (Å²) in [5, 5.41) is 0. The molecule has 0 unspecified atom stereocenters. The van der Waals surface area contributed by atoms with E-state index in [1.54, 1.807) is 18.5 Å². The van der Waals surface area contributed by atoms with Crippen molar-refractivity contribution in [3.05, 3.63) is 71.6 Å². The Morgan fingerprint density at radius 1 is 1.12 bits per heavy atom. The van der Waals surface area contributed by atoms with Crippen LogP contribution in [-0.4, -0.2) is 43.3 Å². The van der Waals surface area contributed by atoms with Gasteiger partial charge in [-0.05, 0) is 56.2 Å². The van der Waals surface area contributed by atoms with Crippen molar-refractivity contribution in [2.24, 2.45) is 5.41 Å². The van der Waals surface area contributed by atoms with E-state index in [1.807, 2.05) is 30.0 Å². The van der Waals surface area contributed by atoms with Crippen molar-refractivity contribution < 1.29 is 18.0 Å². The Kier molecular flexibility index (Phi) is 5.58. The molecule has 0 radical (unpaired) electrons. The minimum Gasteiger partial charge on any atom is -0.335 e. The van der Waals surface area contributed by atoms with Crippen molar-refractivity contribution in [1.29, 1.82) is 0 Å². The highest BCUT2D eigenvalue weighted by Gasteiger charge is 2.53. The average Bonchev–Trinajstić information content (AvgIpc) is 3.48. The molecule has 0 bridgehead atoms. The van der Waals surface area contributed by atoms with Gasteiger partial charge in [0, 0.05) is 43.2 Å². The number of amides is 1. The molecule has 2 aromatic heterocycles. The molecular weight excluding hydrogens is 443 g/mol. The van der Waals surface area contributed by atoms with E-state index in [0.717, 1.165) is 37.1 Å². The van der Waals surface area contributed by atoms with E-state index in [9.17, 15) is 18.0 Å². The molecule has 1 saturated carbocycles. The molecule has 1 aromatic carbocycles. The summed E-state index contributed by atoms with van der Waals surface area (Å²) >= 11 is 0. The number of likely N-dealkylation sites (tertiary alicyclic amines) is 1. The molecule has 3 heterocycles. The van der Waals surface area contributed by atoms with Crippen LogP contribution in [0.5, 0.6) is 0 Å². The molecule has 1 aliphatic heterocycles. The Balaban J connectivity index is 1.40. The Hall–Kier alpha value is -3.36. The van der Waals surface area contributed by atoms with Crippen LogP contribution in [0.2, 0.25) is 0 Å². The third-order valence-corrected chi connectivity index (χ3v) is 6.74. The van der Waals surface area contributed by atoms with Gasteiger partial charge in [-0.3, -0.25) is 4.79 Å². The van der Waals surface area contributed by atoms with E-state index in [2.05, 4.69) is 19.9 Å². The molecule has 1 aliphatic carbocycles. The van der Waals surface area contributed by atoms with E-state index >= 15 is 0 Å². The van der Waals surface area contributed by atoms with E-state index in [-0.39, 0.29) is 29.6 Å². The molecule has 9 heteroatoms. The topological polar surface area (TPSA) is 71.9 Å². The smallest absolute Gasteiger partial charge is 0.335 e. The first-order chi connectivity index (χ1) is 16.2. The van der Waals surface area contributed by atoms with Gasteiger partial charge in [0.2, 0.25) is 0 Å². The standard InChI is InChI=1S/C25H24F3N5O/c1-16-3-5-18(22-30-10-2-11-31-22)19(13-16)23(34)33-15-24(8-9-24)14-17(33)4-6-21-29-12-7-20(32-21)25(26,27)28/h2-3,5,7,10-13,17H,4,6,8-9,14-15H2,1H3/t17-/m1/s1. The number of hydrogen-bond donors (Lipinski definition) is 0. The highest BCUT2D eigenvalue weighted by Crippen LogP contribution is 2.55. The summed E-state index contributed by atoms with van der Waals surface area (Å²) < 4.78 is 39.1. The zero-order valence-corrected chi connectivity index (χ0v) is 18.7. The Morgan fingerprint density at radius 2 is 1.88 bits per heavy atom. The highest BCUT2D eigenvalue weighted by atomic mass is 19.4. The Labute approximate surface area is 195 Å². The van der Waals surface area contributed by atoms with Crippen LogP contribution in [0.25, 0.3) is 11.4 Å². The first-order valence-electron chi connectivity index (χ1n) is 11.3. The molecule has 2 fully saturated rings. The first kappa shape index (κ1) is 22.4. The summed E-state index contributed by atoms with van der Waals surface area (Å²) in [4.78, 5) is 32.1. The maximum Gasteiger partial charge on any atom is 0.433 e. The highest BCUT2D eigenvalue weighted by molar-refractivity contribution is 6.00. The van der Waals surface area contributed by atoms with Crippen molar-refractivity contribution in [2.75, 3.05) is 6.54 Å². The molecule has 1 amide bonds. The molecule has 1 atom stereocenters. The van der Waals surface area contributed by atoms with Crippen LogP contribution in [0, 0.1) is 12.3 Å². The number of carbonyl (C=O) groups is 1. The van der Waals surface area contributed by atoms with E-state index in [4.69, 9.17) is 0 Å². The molecule has 5 rings (SSSR count). The van der Waals surface area contributed by atoms with E-state index in [0.29, 0.717) is 29.9 Å². The summed E-state index contributed by atoms with van der Waals surface area (Å²) in [5.74, 6) is 0.540. The first-order valence-corrected chi connectivity index (χ1v) is 11.3. The predicted molar refractivity (Wildman–Crippen MR) is 119 cm³/mol. The lowest BCUT2D eigenvalue weighted by molar-refractivity contribution is -0.141. The van der Waals surface area contributed by atoms with Gasteiger partial charge in [-0.15, -0.1) is 0 Å². The van der Waals surface area contributed by atoms with Gasteiger partial charge >= 0.3 is 6.18 Å². The number of halogens is 3. The van der Waals surface area contributed by atoms with Crippen molar-refractivity contribution in [1.82, 2.24) is 24.8 Å². The zero-order valence-electron chi connectivity index (χ0n) is 18.7. The van der Waals surface area contributed by atoms with Gasteiger partial charge in [-0.1, -0.05) is 17.7 Å². The number of aromatic nitrogens is 4. The van der Waals surface area contributed by atoms with Crippen LogP contribution in [0.3, 0.4) is 0 Å². The quantitative estimate of drug-likeness (QED) is 0.534. The third-order valence-electron chi connectivity index (χ3n) is 6.74. The van der Waals surface area contributed by atoms with E-state index < -0.39 is 11.9 Å². The van der Waals surface area contributed by atoms with Crippen LogP contribution in [-0.2, 0) is 12.6 Å². The lowest BCUT2D eigenvalue weighted by Crippen LogP contribution is -2.36. The number of rotatable bonds is 5. The van der Waals surface area contributed by atoms with Crippen molar-refractivity contribution in [2.45, 2.75) is 51.2 Å². The predicted octanol–water partition coefficient (Wildman–Crippen LogP) is 4.89. The number of hydrogen-bond acceptors (Lipinski definition) is 5. The molecule has 1 spiro atoms. The molecular formula is C25H24F3N5O. The van der Waals surface area contributed by atoms with Gasteiger partial charge in [-0.25, -0.2) is 19.9 Å². The number of carbonyl (C=O) groups excluding carboxylic acids is 1.